The fraction of sp³-hybridized carbons (Fsp3) is 0.800. The van der Waals surface area contributed by atoms with Crippen molar-refractivity contribution in [1.82, 2.24) is 10.6 Å². The number of piperazine rings is 1. The molecule has 0 aromatic heterocycles. The van der Waals surface area contributed by atoms with Gasteiger partial charge in [0.25, 0.3) is 5.91 Å². The molecule has 0 aliphatic carbocycles. The summed E-state index contributed by atoms with van der Waals surface area (Å²) in [6.07, 6.45) is 0. The largest absolute Gasteiger partial charge is 0.304 e. The van der Waals surface area contributed by atoms with E-state index in [2.05, 4.69) is 10.6 Å². The summed E-state index contributed by atoms with van der Waals surface area (Å²) in [7, 11) is 0. The smallest absolute Gasteiger partial charge is 0.258 e. The molecule has 45 valence electrons. The Labute approximate surface area is 48.5 Å². The van der Waals surface area contributed by atoms with Crippen molar-refractivity contribution in [3.63, 3.8) is 0 Å². The number of amides is 1. The lowest BCUT2D eigenvalue weighted by Gasteiger charge is -2.16. The minimum absolute atomic E-state index is 0.0174. The second kappa shape index (κ2) is 2.13. The molecule has 8 heavy (non-hydrogen) atoms. The van der Waals surface area contributed by atoms with E-state index in [-0.39, 0.29) is 11.9 Å². The van der Waals surface area contributed by atoms with Crippen LogP contribution in [0.15, 0.2) is 0 Å². The number of rotatable bonds is 0. The first kappa shape index (κ1) is 5.56. The van der Waals surface area contributed by atoms with Gasteiger partial charge in [-0.3, -0.25) is 4.79 Å². The summed E-state index contributed by atoms with van der Waals surface area (Å²) in [4.78, 5) is 10.6. The minimum atomic E-state index is -0.0521. The molecule has 1 unspecified atom stereocenters. The van der Waals surface area contributed by atoms with Crippen LogP contribution in [0.2, 0.25) is 0 Å². The van der Waals surface area contributed by atoms with Crippen LogP contribution in [0, 0.1) is 0 Å². The van der Waals surface area contributed by atoms with Gasteiger partial charge in [0.2, 0.25) is 0 Å². The minimum Gasteiger partial charge on any atom is -0.304 e. The summed E-state index contributed by atoms with van der Waals surface area (Å²) in [5.74, 6) is -0.0174. The molecule has 1 amide bonds. The molecule has 1 aliphatic heterocycles. The van der Waals surface area contributed by atoms with Crippen molar-refractivity contribution in [3.05, 3.63) is 0 Å². The summed E-state index contributed by atoms with van der Waals surface area (Å²) in [6.45, 7) is 3.31. The van der Waals surface area contributed by atoms with Gasteiger partial charge in [-0.15, -0.1) is 0 Å². The molecule has 0 spiro atoms. The molecule has 1 atom stereocenters. The molecule has 3 nitrogen and oxygen atoms in total. The maximum Gasteiger partial charge on any atom is 0.258 e. The van der Waals surface area contributed by atoms with Crippen LogP contribution in [0.1, 0.15) is 6.92 Å². The van der Waals surface area contributed by atoms with E-state index in [1.54, 1.807) is 0 Å². The van der Waals surface area contributed by atoms with Gasteiger partial charge in [-0.2, -0.15) is 0 Å². The van der Waals surface area contributed by atoms with Gasteiger partial charge in [-0.25, -0.2) is 5.32 Å². The van der Waals surface area contributed by atoms with E-state index in [9.17, 15) is 4.79 Å². The topological polar surface area (TPSA) is 43.2 Å². The monoisotopic (exact) mass is 113 g/mol. The lowest BCUT2D eigenvalue weighted by atomic mass is 10.2. The Morgan fingerprint density at radius 2 is 2.62 bits per heavy atom. The van der Waals surface area contributed by atoms with E-state index < -0.39 is 0 Å². The van der Waals surface area contributed by atoms with Crippen molar-refractivity contribution in [3.8, 4) is 0 Å². The zero-order valence-corrected chi connectivity index (χ0v) is 4.85. The van der Waals surface area contributed by atoms with Crippen molar-refractivity contribution >= 4 is 5.91 Å². The van der Waals surface area contributed by atoms with Crippen LogP contribution in [-0.2, 0) is 4.79 Å². The highest BCUT2D eigenvalue weighted by atomic mass is 16.2. The Morgan fingerprint density at radius 1 is 1.88 bits per heavy atom. The zero-order valence-electron chi connectivity index (χ0n) is 4.85. The third kappa shape index (κ3) is 0.980. The lowest BCUT2D eigenvalue weighted by Crippen LogP contribution is -2.47. The van der Waals surface area contributed by atoms with Gasteiger partial charge in [0.15, 0.2) is 0 Å². The number of nitrogens with one attached hydrogen (secondary N) is 1. The molecular weight excluding hydrogens is 104 g/mol. The molecule has 1 rings (SSSR count). The molecule has 0 aromatic rings. The van der Waals surface area contributed by atoms with E-state index in [0.717, 1.165) is 6.54 Å². The van der Waals surface area contributed by atoms with Gasteiger partial charge in [0.1, 0.15) is 0 Å². The molecule has 1 saturated heterocycles. The van der Waals surface area contributed by atoms with Gasteiger partial charge in [0, 0.05) is 6.54 Å². The molecule has 0 bridgehead atoms. The number of nitrogens with zero attached hydrogens (tertiary/aromatic N) is 1. The zero-order chi connectivity index (χ0) is 5.98. The van der Waals surface area contributed by atoms with Crippen molar-refractivity contribution < 1.29 is 4.79 Å². The second-order valence-corrected chi connectivity index (χ2v) is 1.90. The van der Waals surface area contributed by atoms with Gasteiger partial charge in [-0.05, 0) is 6.92 Å². The van der Waals surface area contributed by atoms with Crippen LogP contribution in [0.4, 0.5) is 0 Å². The number of carbonyl (C=O) groups is 1. The highest BCUT2D eigenvalue weighted by Crippen LogP contribution is 1.86. The summed E-state index contributed by atoms with van der Waals surface area (Å²) >= 11 is 0. The highest BCUT2D eigenvalue weighted by molar-refractivity contribution is 5.81. The fourth-order valence-electron chi connectivity index (χ4n) is 0.671. The van der Waals surface area contributed by atoms with E-state index in [4.69, 9.17) is 0 Å². The van der Waals surface area contributed by atoms with Crippen molar-refractivity contribution in [2.24, 2.45) is 0 Å². The average Bonchev–Trinajstić information content (AvgIpc) is 1.77. The summed E-state index contributed by atoms with van der Waals surface area (Å²) in [5, 5.41) is 6.70. The molecule has 1 heterocycles. The third-order valence-corrected chi connectivity index (χ3v) is 1.20. The summed E-state index contributed by atoms with van der Waals surface area (Å²) < 4.78 is 0. The summed E-state index contributed by atoms with van der Waals surface area (Å²) in [5.41, 5.74) is 0. The molecule has 3 heteroatoms. The Kier molecular flexibility index (Phi) is 1.48. The average molecular weight is 113 g/mol. The van der Waals surface area contributed by atoms with Crippen LogP contribution in [0.5, 0.6) is 0 Å². The Balaban J connectivity index is 2.39. The van der Waals surface area contributed by atoms with E-state index >= 15 is 0 Å². The van der Waals surface area contributed by atoms with Crippen LogP contribution in [0.25, 0.3) is 0 Å². The van der Waals surface area contributed by atoms with Gasteiger partial charge < -0.3 is 5.32 Å². The molecular formula is C5H9N2O. The molecule has 0 aromatic carbocycles. The van der Waals surface area contributed by atoms with Crippen LogP contribution < -0.4 is 10.6 Å². The van der Waals surface area contributed by atoms with Crippen LogP contribution in [0.3, 0.4) is 0 Å². The van der Waals surface area contributed by atoms with E-state index in [1.165, 1.54) is 0 Å². The first-order valence-electron chi connectivity index (χ1n) is 2.75. The molecule has 1 N–H and O–H groups in total. The first-order chi connectivity index (χ1) is 3.80. The standard InChI is InChI=1S/C5H9N2O/c1-4-5(8)7-3-2-6-4/h4,6H,2-3H2,1H3. The molecule has 1 fully saturated rings. The maximum absolute atomic E-state index is 10.6. The lowest BCUT2D eigenvalue weighted by molar-refractivity contribution is -0.124. The predicted octanol–water partition coefficient (Wildman–Crippen LogP) is -0.891. The third-order valence-electron chi connectivity index (χ3n) is 1.20. The number of hydrogen-bond donors (Lipinski definition) is 1. The Hall–Kier alpha value is -0.570. The Bertz CT molecular complexity index is 103. The van der Waals surface area contributed by atoms with Gasteiger partial charge >= 0.3 is 0 Å². The molecule has 1 radical (unpaired) electrons. The summed E-state index contributed by atoms with van der Waals surface area (Å²) in [6, 6.07) is -0.0521. The first-order valence-corrected chi connectivity index (χ1v) is 2.75. The van der Waals surface area contributed by atoms with E-state index in [1.807, 2.05) is 6.92 Å². The number of hydrogen-bond acceptors (Lipinski definition) is 2. The number of carbonyl (C=O) groups excluding carboxylic acids is 1. The quantitative estimate of drug-likeness (QED) is 0.443. The van der Waals surface area contributed by atoms with Crippen LogP contribution >= 0.6 is 0 Å². The normalized spacial score (nSPS) is 29.6. The van der Waals surface area contributed by atoms with Crippen molar-refractivity contribution in [2.45, 2.75) is 13.0 Å². The van der Waals surface area contributed by atoms with E-state index in [0.29, 0.717) is 6.54 Å². The van der Waals surface area contributed by atoms with Crippen LogP contribution in [-0.4, -0.2) is 25.0 Å². The molecule has 0 saturated carbocycles. The predicted molar refractivity (Wildman–Crippen MR) is 29.5 cm³/mol. The van der Waals surface area contributed by atoms with Crippen molar-refractivity contribution in [2.75, 3.05) is 13.1 Å². The maximum atomic E-state index is 10.6. The highest BCUT2D eigenvalue weighted by Gasteiger charge is 2.16. The fourth-order valence-corrected chi connectivity index (χ4v) is 0.671. The molecule has 1 aliphatic rings. The van der Waals surface area contributed by atoms with Crippen molar-refractivity contribution in [1.29, 1.82) is 0 Å². The van der Waals surface area contributed by atoms with Gasteiger partial charge in [-0.1, -0.05) is 0 Å². The van der Waals surface area contributed by atoms with Gasteiger partial charge in [0.05, 0.1) is 12.6 Å². The second-order valence-electron chi connectivity index (χ2n) is 1.90. The Morgan fingerprint density at radius 3 is 3.00 bits per heavy atom. The SMILES string of the molecule is CC1NCC[N]C1=O.